The average Bonchev–Trinajstić information content (AvgIpc) is 1.60. The summed E-state index contributed by atoms with van der Waals surface area (Å²) >= 11 is 0. The fraction of sp³-hybridized carbons (Fsp3) is 0.811. The Kier molecular flexibility index (Phi) is 29.1. The Hall–Kier alpha value is -2.49. The van der Waals surface area contributed by atoms with Gasteiger partial charge < -0.3 is 9.47 Å². The van der Waals surface area contributed by atoms with Gasteiger partial charge in [0.25, 0.3) is 0 Å². The van der Waals surface area contributed by atoms with Crippen LogP contribution in [0.2, 0.25) is 0 Å². The molecule has 0 amide bonds. The molecule has 0 aromatic heterocycles. The molecule has 1 saturated heterocycles. The van der Waals surface area contributed by atoms with Gasteiger partial charge in [0.15, 0.2) is 5.78 Å². The number of fused-ring (bicyclic) bond motifs is 12. The second-order valence-corrected chi connectivity index (χ2v) is 37.5. The minimum atomic E-state index is 0. The third-order valence-corrected chi connectivity index (χ3v) is 23.3. The number of ketones is 1. The monoisotopic (exact) mass is 1290 g/mol. The zero-order chi connectivity index (χ0) is 69.8. The fourth-order valence-corrected chi connectivity index (χ4v) is 18.8. The number of hydrogen-bond donors (Lipinski definition) is 0. The fourth-order valence-electron chi connectivity index (χ4n) is 18.8. The third-order valence-electron chi connectivity index (χ3n) is 23.3. The summed E-state index contributed by atoms with van der Waals surface area (Å²) in [6.07, 6.45) is 30.0. The Balaban J connectivity index is 0.000000254. The minimum absolute atomic E-state index is 0. The normalized spacial score (nSPS) is 27.8. The van der Waals surface area contributed by atoms with E-state index in [1.807, 2.05) is 77.7 Å². The highest BCUT2D eigenvalue weighted by Crippen LogP contribution is 2.63. The van der Waals surface area contributed by atoms with Gasteiger partial charge in [-0.25, -0.2) is 0 Å². The van der Waals surface area contributed by atoms with Gasteiger partial charge in [-0.15, -0.1) is 0 Å². The van der Waals surface area contributed by atoms with Crippen molar-refractivity contribution in [1.82, 2.24) is 0 Å². The van der Waals surface area contributed by atoms with Crippen LogP contribution in [0.1, 0.15) is 370 Å². The molecule has 8 unspecified atom stereocenters. The molecule has 0 aromatic carbocycles. The Bertz CT molecular complexity index is 2790. The highest BCUT2D eigenvalue weighted by Gasteiger charge is 2.52. The molecule has 7 saturated carbocycles. The number of Topliss-reactive ketones (excluding diaryl/α,β-unsaturated/α-hetero) is 1. The van der Waals surface area contributed by atoms with Crippen LogP contribution in [0.5, 0.6) is 0 Å². The highest BCUT2D eigenvalue weighted by molar-refractivity contribution is 6.07. The number of carbonyl (C=O) groups is 1. The average molecular weight is 1290 g/mol. The molecule has 0 spiro atoms. The van der Waals surface area contributed by atoms with E-state index in [4.69, 9.17) is 9.47 Å². The van der Waals surface area contributed by atoms with Crippen molar-refractivity contribution in [3.05, 3.63) is 89.2 Å². The van der Waals surface area contributed by atoms with E-state index in [9.17, 15) is 4.79 Å². The summed E-state index contributed by atoms with van der Waals surface area (Å²) in [6.45, 7) is 74.4. The molecule has 0 bridgehead atoms. The third kappa shape index (κ3) is 18.5. The maximum atomic E-state index is 13.1. The Morgan fingerprint density at radius 3 is 0.946 bits per heavy atom. The number of allylic oxidation sites excluding steroid dienone is 14. The van der Waals surface area contributed by atoms with Crippen molar-refractivity contribution in [2.75, 3.05) is 13.2 Å². The van der Waals surface area contributed by atoms with Crippen LogP contribution < -0.4 is 0 Å². The Morgan fingerprint density at radius 1 is 0.290 bits per heavy atom. The molecular weight excluding hydrogens is 1130 g/mol. The van der Waals surface area contributed by atoms with Crippen LogP contribution in [0.25, 0.3) is 0 Å². The maximum Gasteiger partial charge on any atom is 0.166 e. The second kappa shape index (κ2) is 32.7. The van der Waals surface area contributed by atoms with Gasteiger partial charge in [-0.3, -0.25) is 4.79 Å². The maximum absolute atomic E-state index is 13.1. The van der Waals surface area contributed by atoms with Crippen molar-refractivity contribution in [3.63, 3.8) is 0 Å². The summed E-state index contributed by atoms with van der Waals surface area (Å²) in [5.41, 5.74) is 28.4. The van der Waals surface area contributed by atoms with Crippen LogP contribution in [-0.2, 0) is 14.3 Å². The summed E-state index contributed by atoms with van der Waals surface area (Å²) in [5, 5.41) is 0. The summed E-state index contributed by atoms with van der Waals surface area (Å²) in [6, 6.07) is 0. The molecule has 3 nitrogen and oxygen atoms in total. The molecule has 534 valence electrons. The molecule has 12 rings (SSSR count). The molecule has 12 aliphatic rings. The van der Waals surface area contributed by atoms with Crippen LogP contribution in [0, 0.1) is 78.8 Å². The van der Waals surface area contributed by atoms with Crippen molar-refractivity contribution in [3.8, 4) is 0 Å². The molecule has 11 aliphatic carbocycles. The lowest BCUT2D eigenvalue weighted by atomic mass is 9.74. The standard InChI is InChI=1S/C22H36.C21H34.C20H30O.C18H28O2.4C2H6.CH4/c1-21(2,3)18-14-19(22(4,5)6)20-16-12-10-8-7-9-11-15(16)13-17(18)20;1-20(2,3)17-13-18(21(4,5)6)19-15-11-9-7-8-10-14(15)12-16(17)19;1-19(2,3)14-11-15(20(4,5)6)17-16(14)12-9-7-8-10-13(12)18(17)21;1-17(2,3)12-10-13(18(4,5)6)15-11(12)9-14-16(15)20-8-7-19-14;4*1-2;/h15-16H,7-14H2,1-6H3;14-15H,7-13H2,1-6H3;12-13H,7-11H2,1-6H3;14,16H,7-10H2,1-6H3;4*1-2H3;1H4. The predicted octanol–water partition coefficient (Wildman–Crippen LogP) is 28.2. The van der Waals surface area contributed by atoms with Crippen LogP contribution in [0.4, 0.5) is 0 Å². The van der Waals surface area contributed by atoms with Gasteiger partial charge >= 0.3 is 0 Å². The molecule has 3 heteroatoms. The first kappa shape index (κ1) is 82.9. The molecule has 1 aliphatic heterocycles. The zero-order valence-corrected chi connectivity index (χ0v) is 67.3. The van der Waals surface area contributed by atoms with E-state index < -0.39 is 0 Å². The van der Waals surface area contributed by atoms with E-state index >= 15 is 0 Å². The quantitative estimate of drug-likeness (QED) is 0.242. The van der Waals surface area contributed by atoms with Gasteiger partial charge in [-0.2, -0.15) is 0 Å². The van der Waals surface area contributed by atoms with Crippen molar-refractivity contribution in [2.45, 2.75) is 382 Å². The highest BCUT2D eigenvalue weighted by atomic mass is 16.6. The summed E-state index contributed by atoms with van der Waals surface area (Å²) in [5.74, 6) is 5.04. The van der Waals surface area contributed by atoms with Crippen molar-refractivity contribution in [2.24, 2.45) is 78.8 Å². The van der Waals surface area contributed by atoms with Crippen LogP contribution in [0.3, 0.4) is 0 Å². The molecule has 93 heavy (non-hydrogen) atoms. The largest absolute Gasteiger partial charge is 0.372 e. The van der Waals surface area contributed by atoms with E-state index in [1.54, 1.807) is 44.6 Å². The Morgan fingerprint density at radius 2 is 0.570 bits per heavy atom. The summed E-state index contributed by atoms with van der Waals surface area (Å²) < 4.78 is 12.1. The van der Waals surface area contributed by atoms with Gasteiger partial charge in [-0.1, -0.05) is 326 Å². The SMILES string of the molecule is C.CC.CC.CC.CC.CC(C)(C)C1=C2C(=O)C3CCCCC3C2=C(C(C)(C)C)C1.CC(C)(C)C1=C2CC3CCCCCC3C2=C(C(C)(C)C)C1.CC(C)(C)C1=C2CC3CCCCCCC3C2=C(C(C)(C)C)C1.CC(C)(C)C1=C2CC3OCCOC3C2=C(C(C)(C)C)C1. The number of rotatable bonds is 0. The van der Waals surface area contributed by atoms with Crippen molar-refractivity contribution < 1.29 is 14.3 Å². The lowest BCUT2D eigenvalue weighted by molar-refractivity contribution is -0.119. The van der Waals surface area contributed by atoms with Gasteiger partial charge in [0.1, 0.15) is 6.10 Å². The van der Waals surface area contributed by atoms with Gasteiger partial charge in [-0.05, 0) is 195 Å². The van der Waals surface area contributed by atoms with E-state index in [0.717, 1.165) is 62.6 Å². The van der Waals surface area contributed by atoms with E-state index in [0.29, 0.717) is 39.3 Å². The second-order valence-electron chi connectivity index (χ2n) is 37.5. The van der Waals surface area contributed by atoms with E-state index in [2.05, 4.69) is 166 Å². The van der Waals surface area contributed by atoms with E-state index in [-0.39, 0.29) is 41.3 Å². The predicted molar refractivity (Wildman–Crippen MR) is 411 cm³/mol. The lowest BCUT2D eigenvalue weighted by Gasteiger charge is -2.31. The first-order chi connectivity index (χ1) is 42.7. The molecule has 8 atom stereocenters. The molecule has 0 radical (unpaired) electrons. The molecule has 8 fully saturated rings. The van der Waals surface area contributed by atoms with Crippen LogP contribution >= 0.6 is 0 Å². The van der Waals surface area contributed by atoms with Crippen LogP contribution in [-0.4, -0.2) is 31.2 Å². The topological polar surface area (TPSA) is 35.5 Å². The van der Waals surface area contributed by atoms with Crippen LogP contribution in [0.15, 0.2) is 89.2 Å². The first-order valence-electron chi connectivity index (χ1n) is 39.3. The summed E-state index contributed by atoms with van der Waals surface area (Å²) in [4.78, 5) is 13.1. The Labute approximate surface area is 580 Å². The molecule has 0 aromatic rings. The van der Waals surface area contributed by atoms with Crippen molar-refractivity contribution in [1.29, 1.82) is 0 Å². The number of hydrogen-bond acceptors (Lipinski definition) is 3. The van der Waals surface area contributed by atoms with Crippen molar-refractivity contribution >= 4 is 5.78 Å². The molecular formula is C90H156O3. The number of carbonyl (C=O) groups excluding carboxylic acids is 1. The van der Waals surface area contributed by atoms with Gasteiger partial charge in [0, 0.05) is 17.9 Å². The summed E-state index contributed by atoms with van der Waals surface area (Å²) in [7, 11) is 0. The van der Waals surface area contributed by atoms with E-state index in [1.165, 1.54) is 138 Å². The lowest BCUT2D eigenvalue weighted by Crippen LogP contribution is -2.35. The molecule has 0 N–H and O–H groups in total. The van der Waals surface area contributed by atoms with Gasteiger partial charge in [0.05, 0.1) is 19.3 Å². The smallest absolute Gasteiger partial charge is 0.166 e. The number of ether oxygens (including phenoxy) is 2. The van der Waals surface area contributed by atoms with Gasteiger partial charge in [0.2, 0.25) is 0 Å². The molecule has 1 heterocycles. The minimum Gasteiger partial charge on any atom is -0.372 e. The first-order valence-corrected chi connectivity index (χ1v) is 39.3. The zero-order valence-electron chi connectivity index (χ0n) is 67.3.